The van der Waals surface area contributed by atoms with E-state index in [2.05, 4.69) is 15.4 Å². The van der Waals surface area contributed by atoms with E-state index < -0.39 is 16.2 Å². The summed E-state index contributed by atoms with van der Waals surface area (Å²) in [6.07, 6.45) is -0.605. The topological polar surface area (TPSA) is 87.3 Å². The zero-order chi connectivity index (χ0) is 20.6. The average molecular weight is 407 g/mol. The van der Waals surface area contributed by atoms with Crippen LogP contribution in [0.1, 0.15) is 33.2 Å². The molecular weight excluding hydrogens is 386 g/mol. The lowest BCUT2D eigenvalue weighted by atomic mass is 10.1. The highest BCUT2D eigenvalue weighted by Crippen LogP contribution is 2.30. The number of amides is 1. The first-order valence-electron chi connectivity index (χ1n) is 9.20. The molecule has 0 fully saturated rings. The molecule has 6 nitrogen and oxygen atoms in total. The van der Waals surface area contributed by atoms with Crippen molar-refractivity contribution in [3.8, 4) is 0 Å². The van der Waals surface area contributed by atoms with Gasteiger partial charge in [-0.05, 0) is 55.3 Å². The highest BCUT2D eigenvalue weighted by Gasteiger charge is 2.29. The predicted octanol–water partition coefficient (Wildman–Crippen LogP) is 3.96. The number of fused-ring (bicyclic) bond motifs is 1. The van der Waals surface area contributed by atoms with E-state index in [9.17, 15) is 13.2 Å². The van der Waals surface area contributed by atoms with Gasteiger partial charge < -0.3 is 10.6 Å². The Morgan fingerprint density at radius 3 is 2.41 bits per heavy atom. The molecule has 0 aliphatic carbocycles. The number of anilines is 2. The van der Waals surface area contributed by atoms with Crippen LogP contribution in [0.2, 0.25) is 0 Å². The molecule has 3 aromatic carbocycles. The first-order valence-corrected chi connectivity index (χ1v) is 10.7. The van der Waals surface area contributed by atoms with Gasteiger partial charge in [0, 0.05) is 11.3 Å². The molecule has 0 aromatic heterocycles. The molecule has 3 aromatic rings. The van der Waals surface area contributed by atoms with Crippen LogP contribution < -0.4 is 15.4 Å². The Labute approximate surface area is 170 Å². The van der Waals surface area contributed by atoms with Crippen LogP contribution in [0, 0.1) is 13.8 Å². The molecule has 29 heavy (non-hydrogen) atoms. The minimum absolute atomic E-state index is 0.217. The molecule has 0 saturated carbocycles. The van der Waals surface area contributed by atoms with Gasteiger partial charge in [0.1, 0.15) is 11.1 Å². The average Bonchev–Trinajstić information content (AvgIpc) is 2.69. The highest BCUT2D eigenvalue weighted by molar-refractivity contribution is 7.89. The molecule has 1 heterocycles. The smallest absolute Gasteiger partial charge is 0.255 e. The summed E-state index contributed by atoms with van der Waals surface area (Å²) in [5.74, 6) is -0.217. The van der Waals surface area contributed by atoms with Crippen molar-refractivity contribution in [2.45, 2.75) is 24.9 Å². The lowest BCUT2D eigenvalue weighted by Gasteiger charge is -2.28. The molecule has 1 aliphatic rings. The van der Waals surface area contributed by atoms with Crippen LogP contribution in [-0.4, -0.2) is 14.3 Å². The fraction of sp³-hybridized carbons (Fsp3) is 0.136. The minimum Gasteiger partial charge on any atom is -0.364 e. The maximum Gasteiger partial charge on any atom is 0.255 e. The molecule has 0 spiro atoms. The van der Waals surface area contributed by atoms with E-state index in [1.54, 1.807) is 48.5 Å². The summed E-state index contributed by atoms with van der Waals surface area (Å²) in [7, 11) is -3.61. The number of para-hydroxylation sites is 1. The summed E-state index contributed by atoms with van der Waals surface area (Å²) in [4.78, 5) is 12.8. The van der Waals surface area contributed by atoms with Crippen LogP contribution in [0.25, 0.3) is 0 Å². The van der Waals surface area contributed by atoms with E-state index in [-0.39, 0.29) is 10.8 Å². The highest BCUT2D eigenvalue weighted by atomic mass is 32.2. The number of aryl methyl sites for hydroxylation is 2. The molecule has 3 N–H and O–H groups in total. The zero-order valence-electron chi connectivity index (χ0n) is 16.1. The first-order chi connectivity index (χ1) is 13.8. The van der Waals surface area contributed by atoms with Gasteiger partial charge in [-0.3, -0.25) is 4.79 Å². The summed E-state index contributed by atoms with van der Waals surface area (Å²) < 4.78 is 27.6. The molecule has 148 valence electrons. The normalized spacial score (nSPS) is 17.1. The van der Waals surface area contributed by atoms with Crippen LogP contribution in [0.4, 0.5) is 11.4 Å². The Bertz CT molecular complexity index is 1190. The van der Waals surface area contributed by atoms with E-state index in [4.69, 9.17) is 0 Å². The van der Waals surface area contributed by atoms with Crippen LogP contribution in [0.5, 0.6) is 0 Å². The molecule has 1 amide bonds. The van der Waals surface area contributed by atoms with Crippen LogP contribution in [0.15, 0.2) is 71.6 Å². The minimum atomic E-state index is -3.61. The number of hydrogen-bond acceptors (Lipinski definition) is 4. The zero-order valence-corrected chi connectivity index (χ0v) is 16.9. The molecule has 0 bridgehead atoms. The summed E-state index contributed by atoms with van der Waals surface area (Å²) in [6, 6.07) is 19.4. The Balaban J connectivity index is 1.53. The fourth-order valence-electron chi connectivity index (χ4n) is 3.35. The van der Waals surface area contributed by atoms with Gasteiger partial charge >= 0.3 is 0 Å². The lowest BCUT2D eigenvalue weighted by Crippen LogP contribution is -2.38. The Morgan fingerprint density at radius 1 is 0.966 bits per heavy atom. The van der Waals surface area contributed by atoms with Gasteiger partial charge in [0.05, 0.1) is 5.69 Å². The van der Waals surface area contributed by atoms with Crippen LogP contribution in [0.3, 0.4) is 0 Å². The predicted molar refractivity (Wildman–Crippen MR) is 113 cm³/mol. The molecular formula is C22H21N3O3S. The van der Waals surface area contributed by atoms with Gasteiger partial charge in [-0.1, -0.05) is 42.0 Å². The third-order valence-electron chi connectivity index (χ3n) is 4.89. The largest absolute Gasteiger partial charge is 0.364 e. The number of sulfonamides is 1. The van der Waals surface area contributed by atoms with E-state index >= 15 is 0 Å². The van der Waals surface area contributed by atoms with Gasteiger partial charge in [-0.15, -0.1) is 0 Å². The van der Waals surface area contributed by atoms with Crippen molar-refractivity contribution in [1.29, 1.82) is 0 Å². The van der Waals surface area contributed by atoms with Gasteiger partial charge in [0.25, 0.3) is 5.91 Å². The van der Waals surface area contributed by atoms with Crippen molar-refractivity contribution in [3.63, 3.8) is 0 Å². The summed E-state index contributed by atoms with van der Waals surface area (Å²) >= 11 is 0. The molecule has 1 atom stereocenters. The van der Waals surface area contributed by atoms with E-state index in [1.807, 2.05) is 32.0 Å². The van der Waals surface area contributed by atoms with Gasteiger partial charge in [-0.2, -0.15) is 4.72 Å². The first kappa shape index (κ1) is 19.2. The fourth-order valence-corrected chi connectivity index (χ4v) is 4.66. The number of rotatable bonds is 3. The number of nitrogens with one attached hydrogen (secondary N) is 3. The summed E-state index contributed by atoms with van der Waals surface area (Å²) in [6.45, 7) is 3.95. The van der Waals surface area contributed by atoms with Crippen molar-refractivity contribution >= 4 is 27.3 Å². The molecule has 0 unspecified atom stereocenters. The molecule has 0 radical (unpaired) electrons. The third-order valence-corrected chi connectivity index (χ3v) is 6.37. The second-order valence-electron chi connectivity index (χ2n) is 7.09. The molecule has 7 heteroatoms. The van der Waals surface area contributed by atoms with Crippen LogP contribution in [-0.2, 0) is 10.0 Å². The Morgan fingerprint density at radius 2 is 1.69 bits per heavy atom. The van der Waals surface area contributed by atoms with Crippen molar-refractivity contribution in [2.75, 3.05) is 10.6 Å². The maximum absolute atomic E-state index is 12.6. The quantitative estimate of drug-likeness (QED) is 0.613. The van der Waals surface area contributed by atoms with Crippen molar-refractivity contribution in [3.05, 3.63) is 89.0 Å². The van der Waals surface area contributed by atoms with Crippen molar-refractivity contribution in [2.24, 2.45) is 0 Å². The van der Waals surface area contributed by atoms with Crippen molar-refractivity contribution in [1.82, 2.24) is 4.72 Å². The number of carbonyl (C=O) groups excluding carboxylic acids is 1. The monoisotopic (exact) mass is 407 g/mol. The van der Waals surface area contributed by atoms with Gasteiger partial charge in [-0.25, -0.2) is 8.42 Å². The lowest BCUT2D eigenvalue weighted by molar-refractivity contribution is 0.102. The third kappa shape index (κ3) is 3.87. The van der Waals surface area contributed by atoms with Gasteiger partial charge in [0.2, 0.25) is 10.0 Å². The van der Waals surface area contributed by atoms with Crippen LogP contribution >= 0.6 is 0 Å². The van der Waals surface area contributed by atoms with E-state index in [1.165, 1.54) is 0 Å². The number of benzene rings is 3. The Kier molecular flexibility index (Phi) is 4.86. The maximum atomic E-state index is 12.6. The SMILES string of the molecule is Cc1ccc(NC(=O)c2ccc([C@@H]3Nc4ccccc4S(=O)(=O)N3)cc2)c(C)c1. The van der Waals surface area contributed by atoms with E-state index in [0.29, 0.717) is 16.8 Å². The summed E-state index contributed by atoms with van der Waals surface area (Å²) in [5.41, 5.74) is 4.65. The Hall–Kier alpha value is -3.16. The van der Waals surface area contributed by atoms with Gasteiger partial charge in [0.15, 0.2) is 0 Å². The second kappa shape index (κ2) is 7.35. The van der Waals surface area contributed by atoms with Crippen molar-refractivity contribution < 1.29 is 13.2 Å². The number of carbonyl (C=O) groups is 1. The second-order valence-corrected chi connectivity index (χ2v) is 8.77. The summed E-state index contributed by atoms with van der Waals surface area (Å²) in [5, 5.41) is 6.09. The van der Waals surface area contributed by atoms with E-state index in [0.717, 1.165) is 16.8 Å². The standard InChI is InChI=1S/C22H21N3O3S/c1-14-7-12-18(15(2)13-14)24-22(26)17-10-8-16(9-11-17)21-23-19-5-3-4-6-20(19)29(27,28)25-21/h3-13,21,23,25H,1-2H3,(H,24,26)/t21-/m1/s1. The molecule has 4 rings (SSSR count). The number of hydrogen-bond donors (Lipinski definition) is 3. The molecule has 1 aliphatic heterocycles. The molecule has 0 saturated heterocycles.